The molecular formula is C15H12F3NO5S. The maximum atomic E-state index is 12.3. The Morgan fingerprint density at radius 2 is 1.84 bits per heavy atom. The number of ether oxygens (including phenoxy) is 3. The zero-order valence-electron chi connectivity index (χ0n) is 12.5. The van der Waals surface area contributed by atoms with Gasteiger partial charge in [-0.25, -0.2) is 13.1 Å². The second-order valence-electron chi connectivity index (χ2n) is 5.03. The molecule has 3 rings (SSSR count). The smallest absolute Gasteiger partial charge is 0.454 e. The highest BCUT2D eigenvalue weighted by atomic mass is 32.2. The van der Waals surface area contributed by atoms with Gasteiger partial charge in [0.05, 0.1) is 4.90 Å². The number of alkyl halides is 3. The molecule has 1 aliphatic heterocycles. The zero-order chi connectivity index (χ0) is 18.1. The van der Waals surface area contributed by atoms with Gasteiger partial charge >= 0.3 is 6.36 Å². The van der Waals surface area contributed by atoms with Crippen LogP contribution in [0.2, 0.25) is 0 Å². The lowest BCUT2D eigenvalue weighted by Gasteiger charge is -2.11. The van der Waals surface area contributed by atoms with Crippen molar-refractivity contribution in [2.75, 3.05) is 6.79 Å². The highest BCUT2D eigenvalue weighted by molar-refractivity contribution is 7.89. The molecule has 1 heterocycles. The summed E-state index contributed by atoms with van der Waals surface area (Å²) in [5.41, 5.74) is 0.607. The van der Waals surface area contributed by atoms with Gasteiger partial charge in [-0.15, -0.1) is 13.2 Å². The number of rotatable bonds is 5. The number of fused-ring (bicyclic) bond motifs is 1. The van der Waals surface area contributed by atoms with Crippen LogP contribution in [0.1, 0.15) is 5.56 Å². The van der Waals surface area contributed by atoms with E-state index in [1.54, 1.807) is 18.2 Å². The molecular weight excluding hydrogens is 363 g/mol. The summed E-state index contributed by atoms with van der Waals surface area (Å²) in [5.74, 6) is 0.444. The normalized spacial score (nSPS) is 13.7. The summed E-state index contributed by atoms with van der Waals surface area (Å²) in [7, 11) is -4.02. The van der Waals surface area contributed by atoms with Gasteiger partial charge in [0.25, 0.3) is 0 Å². The summed E-state index contributed by atoms with van der Waals surface area (Å²) in [5, 5.41) is 0. The highest BCUT2D eigenvalue weighted by Crippen LogP contribution is 2.32. The van der Waals surface area contributed by atoms with Gasteiger partial charge in [0.2, 0.25) is 16.8 Å². The molecule has 25 heavy (non-hydrogen) atoms. The molecule has 0 bridgehead atoms. The van der Waals surface area contributed by atoms with Crippen molar-refractivity contribution in [3.63, 3.8) is 0 Å². The number of sulfonamides is 1. The summed E-state index contributed by atoms with van der Waals surface area (Å²) in [6.45, 7) is 0.0276. The molecule has 0 aliphatic carbocycles. The van der Waals surface area contributed by atoms with Crippen molar-refractivity contribution in [3.05, 3.63) is 48.0 Å². The first kappa shape index (κ1) is 17.4. The third-order valence-corrected chi connectivity index (χ3v) is 4.65. The average Bonchev–Trinajstić information content (AvgIpc) is 2.99. The van der Waals surface area contributed by atoms with Gasteiger partial charge in [0.15, 0.2) is 11.5 Å². The van der Waals surface area contributed by atoms with Crippen molar-refractivity contribution in [1.29, 1.82) is 0 Å². The summed E-state index contributed by atoms with van der Waals surface area (Å²) < 4.78 is 77.6. The van der Waals surface area contributed by atoms with Crippen LogP contribution in [0.15, 0.2) is 47.4 Å². The Kier molecular flexibility index (Phi) is 4.48. The molecule has 0 aromatic heterocycles. The fraction of sp³-hybridized carbons (Fsp3) is 0.200. The molecule has 10 heteroatoms. The van der Waals surface area contributed by atoms with E-state index in [0.717, 1.165) is 18.2 Å². The zero-order valence-corrected chi connectivity index (χ0v) is 13.4. The van der Waals surface area contributed by atoms with E-state index in [1.165, 1.54) is 6.07 Å². The molecule has 6 nitrogen and oxygen atoms in total. The second-order valence-corrected chi connectivity index (χ2v) is 6.80. The Bertz CT molecular complexity index is 883. The minimum Gasteiger partial charge on any atom is -0.454 e. The van der Waals surface area contributed by atoms with E-state index < -0.39 is 22.1 Å². The van der Waals surface area contributed by atoms with E-state index in [2.05, 4.69) is 9.46 Å². The van der Waals surface area contributed by atoms with Crippen LogP contribution < -0.4 is 18.9 Å². The lowest BCUT2D eigenvalue weighted by Crippen LogP contribution is -2.23. The SMILES string of the molecule is O=S(=O)(NCc1ccc2c(c1)OCO2)c1cccc(OC(F)(F)F)c1. The predicted octanol–water partition coefficient (Wildman–Crippen LogP) is 2.79. The van der Waals surface area contributed by atoms with Crippen LogP contribution in [0.4, 0.5) is 13.2 Å². The molecule has 0 saturated heterocycles. The summed E-state index contributed by atoms with van der Waals surface area (Å²) in [6, 6.07) is 9.07. The van der Waals surface area contributed by atoms with Gasteiger partial charge in [-0.2, -0.15) is 0 Å². The van der Waals surface area contributed by atoms with Crippen LogP contribution in [0.25, 0.3) is 0 Å². The summed E-state index contributed by atoms with van der Waals surface area (Å²) in [4.78, 5) is -0.338. The highest BCUT2D eigenvalue weighted by Gasteiger charge is 2.31. The topological polar surface area (TPSA) is 73.9 Å². The average molecular weight is 375 g/mol. The first-order chi connectivity index (χ1) is 11.7. The van der Waals surface area contributed by atoms with Gasteiger partial charge in [0.1, 0.15) is 5.75 Å². The maximum Gasteiger partial charge on any atom is 0.573 e. The van der Waals surface area contributed by atoms with Crippen molar-refractivity contribution in [2.24, 2.45) is 0 Å². The molecule has 0 radical (unpaired) electrons. The molecule has 1 aliphatic rings. The van der Waals surface area contributed by atoms with Gasteiger partial charge in [-0.1, -0.05) is 12.1 Å². The van der Waals surface area contributed by atoms with Crippen LogP contribution in [-0.4, -0.2) is 21.6 Å². The van der Waals surface area contributed by atoms with Crippen LogP contribution in [-0.2, 0) is 16.6 Å². The minimum atomic E-state index is -4.90. The van der Waals surface area contributed by atoms with E-state index in [9.17, 15) is 21.6 Å². The van der Waals surface area contributed by atoms with E-state index in [-0.39, 0.29) is 18.2 Å². The van der Waals surface area contributed by atoms with Crippen molar-refractivity contribution in [3.8, 4) is 17.2 Å². The van der Waals surface area contributed by atoms with Crippen LogP contribution >= 0.6 is 0 Å². The van der Waals surface area contributed by atoms with E-state index in [1.807, 2.05) is 0 Å². The first-order valence-electron chi connectivity index (χ1n) is 6.97. The van der Waals surface area contributed by atoms with Crippen LogP contribution in [0, 0.1) is 0 Å². The number of hydrogen-bond donors (Lipinski definition) is 1. The molecule has 0 spiro atoms. The fourth-order valence-electron chi connectivity index (χ4n) is 2.15. The standard InChI is InChI=1S/C15H12F3NO5S/c16-15(17,18)24-11-2-1-3-12(7-11)25(20,21)19-8-10-4-5-13-14(6-10)23-9-22-13/h1-7,19H,8-9H2. The minimum absolute atomic E-state index is 0.0661. The van der Waals surface area contributed by atoms with Gasteiger partial charge in [0, 0.05) is 12.6 Å². The number of benzene rings is 2. The van der Waals surface area contributed by atoms with E-state index >= 15 is 0 Å². The maximum absolute atomic E-state index is 12.3. The largest absolute Gasteiger partial charge is 0.573 e. The van der Waals surface area contributed by atoms with Gasteiger partial charge < -0.3 is 14.2 Å². The number of hydrogen-bond acceptors (Lipinski definition) is 5. The molecule has 1 N–H and O–H groups in total. The summed E-state index contributed by atoms with van der Waals surface area (Å²) in [6.07, 6.45) is -4.90. The van der Waals surface area contributed by atoms with Crippen molar-refractivity contribution in [2.45, 2.75) is 17.8 Å². The molecule has 0 amide bonds. The molecule has 0 fully saturated rings. The molecule has 0 atom stereocenters. The lowest BCUT2D eigenvalue weighted by atomic mass is 10.2. The molecule has 2 aromatic carbocycles. The van der Waals surface area contributed by atoms with E-state index in [0.29, 0.717) is 17.1 Å². The Morgan fingerprint density at radius 3 is 2.60 bits per heavy atom. The van der Waals surface area contributed by atoms with Crippen molar-refractivity contribution in [1.82, 2.24) is 4.72 Å². The van der Waals surface area contributed by atoms with Crippen LogP contribution in [0.3, 0.4) is 0 Å². The lowest BCUT2D eigenvalue weighted by molar-refractivity contribution is -0.274. The monoisotopic (exact) mass is 375 g/mol. The van der Waals surface area contributed by atoms with Crippen molar-refractivity contribution < 1.29 is 35.8 Å². The molecule has 134 valence electrons. The summed E-state index contributed by atoms with van der Waals surface area (Å²) >= 11 is 0. The van der Waals surface area contributed by atoms with Gasteiger partial charge in [-0.05, 0) is 29.8 Å². The third kappa shape index (κ3) is 4.34. The Labute approximate surface area is 141 Å². The van der Waals surface area contributed by atoms with Crippen molar-refractivity contribution >= 4 is 10.0 Å². The first-order valence-corrected chi connectivity index (χ1v) is 8.45. The Morgan fingerprint density at radius 1 is 1.08 bits per heavy atom. The predicted molar refractivity (Wildman–Crippen MR) is 79.7 cm³/mol. The molecule has 0 unspecified atom stereocenters. The van der Waals surface area contributed by atoms with E-state index in [4.69, 9.17) is 9.47 Å². The Hall–Kier alpha value is -2.46. The number of halogens is 3. The fourth-order valence-corrected chi connectivity index (χ4v) is 3.20. The molecule has 0 saturated carbocycles. The third-order valence-electron chi connectivity index (χ3n) is 3.25. The van der Waals surface area contributed by atoms with Crippen LogP contribution in [0.5, 0.6) is 17.2 Å². The Balaban J connectivity index is 1.72. The molecule has 2 aromatic rings. The van der Waals surface area contributed by atoms with Gasteiger partial charge in [-0.3, -0.25) is 0 Å². The second kappa shape index (κ2) is 6.45. The number of nitrogens with one attached hydrogen (secondary N) is 1. The quantitative estimate of drug-likeness (QED) is 0.870.